The van der Waals surface area contributed by atoms with Crippen molar-refractivity contribution in [2.24, 2.45) is 0 Å². The van der Waals surface area contributed by atoms with E-state index in [9.17, 15) is 9.59 Å². The second kappa shape index (κ2) is 8.31. The minimum absolute atomic E-state index is 0.141. The van der Waals surface area contributed by atoms with Gasteiger partial charge in [0.15, 0.2) is 0 Å². The van der Waals surface area contributed by atoms with Crippen LogP contribution in [0.15, 0.2) is 42.5 Å². The first kappa shape index (κ1) is 19.0. The number of nitrogens with one attached hydrogen (secondary N) is 2. The Morgan fingerprint density at radius 3 is 2.30 bits per heavy atom. The van der Waals surface area contributed by atoms with E-state index in [1.54, 1.807) is 29.2 Å². The summed E-state index contributed by atoms with van der Waals surface area (Å²) in [6.45, 7) is 6.27. The van der Waals surface area contributed by atoms with Gasteiger partial charge >= 0.3 is 6.03 Å². The van der Waals surface area contributed by atoms with E-state index in [0.717, 1.165) is 23.8 Å². The number of hydrogen-bond donors (Lipinski definition) is 2. The molecule has 6 nitrogen and oxygen atoms in total. The predicted octanol–water partition coefficient (Wildman–Crippen LogP) is 3.96. The number of benzene rings is 2. The number of anilines is 3. The van der Waals surface area contributed by atoms with Crippen molar-refractivity contribution < 1.29 is 9.59 Å². The van der Waals surface area contributed by atoms with Crippen LogP contribution in [0.3, 0.4) is 0 Å². The first-order valence-corrected chi connectivity index (χ1v) is 9.25. The summed E-state index contributed by atoms with van der Waals surface area (Å²) < 4.78 is 0. The van der Waals surface area contributed by atoms with E-state index in [-0.39, 0.29) is 11.9 Å². The Labute approximate surface area is 164 Å². The summed E-state index contributed by atoms with van der Waals surface area (Å²) in [5.74, 6) is -0.147. The van der Waals surface area contributed by atoms with Gasteiger partial charge in [-0.05, 0) is 42.8 Å². The van der Waals surface area contributed by atoms with Crippen LogP contribution in [0.5, 0.6) is 0 Å². The van der Waals surface area contributed by atoms with Gasteiger partial charge in [0.2, 0.25) is 5.91 Å². The molecule has 2 aromatic carbocycles. The molecule has 1 aliphatic rings. The zero-order chi connectivity index (χ0) is 19.4. The van der Waals surface area contributed by atoms with Crippen molar-refractivity contribution in [1.82, 2.24) is 4.90 Å². The second-order valence-electron chi connectivity index (χ2n) is 6.60. The lowest BCUT2D eigenvalue weighted by Crippen LogP contribution is -2.50. The van der Waals surface area contributed by atoms with E-state index in [4.69, 9.17) is 11.6 Å². The Balaban J connectivity index is 1.59. The highest BCUT2D eigenvalue weighted by Gasteiger charge is 2.22. The number of nitrogens with zero attached hydrogens (tertiary/aromatic N) is 2. The number of carbonyl (C=O) groups excluding carboxylic acids is 2. The van der Waals surface area contributed by atoms with E-state index in [0.29, 0.717) is 24.5 Å². The third-order valence-electron chi connectivity index (χ3n) is 4.51. The highest BCUT2D eigenvalue weighted by atomic mass is 35.5. The van der Waals surface area contributed by atoms with Crippen LogP contribution in [-0.2, 0) is 4.79 Å². The van der Waals surface area contributed by atoms with Gasteiger partial charge in [0.25, 0.3) is 0 Å². The summed E-state index contributed by atoms with van der Waals surface area (Å²) in [7, 11) is 0. The Kier molecular flexibility index (Phi) is 5.86. The van der Waals surface area contributed by atoms with Gasteiger partial charge in [-0.1, -0.05) is 23.7 Å². The maximum Gasteiger partial charge on any atom is 0.321 e. The van der Waals surface area contributed by atoms with Gasteiger partial charge < -0.3 is 20.4 Å². The number of rotatable bonds is 3. The number of piperazine rings is 1. The minimum atomic E-state index is -0.147. The molecule has 0 unspecified atom stereocenters. The van der Waals surface area contributed by atoms with Crippen LogP contribution in [0.25, 0.3) is 0 Å². The van der Waals surface area contributed by atoms with Gasteiger partial charge in [0, 0.05) is 55.2 Å². The van der Waals surface area contributed by atoms with Gasteiger partial charge in [0.1, 0.15) is 0 Å². The third kappa shape index (κ3) is 4.92. The number of aryl methyl sites for hydroxylation is 1. The average Bonchev–Trinajstić information content (AvgIpc) is 2.63. The summed E-state index contributed by atoms with van der Waals surface area (Å²) in [5.41, 5.74) is 3.60. The van der Waals surface area contributed by atoms with Crippen molar-refractivity contribution in [3.05, 3.63) is 53.1 Å². The summed E-state index contributed by atoms with van der Waals surface area (Å²) in [4.78, 5) is 27.8. The summed E-state index contributed by atoms with van der Waals surface area (Å²) >= 11 is 6.12. The van der Waals surface area contributed by atoms with Crippen LogP contribution in [-0.4, -0.2) is 43.0 Å². The molecule has 3 amide bonds. The van der Waals surface area contributed by atoms with Crippen molar-refractivity contribution in [3.8, 4) is 0 Å². The normalized spacial score (nSPS) is 14.0. The molecular weight excluding hydrogens is 364 g/mol. The molecule has 0 spiro atoms. The summed E-state index contributed by atoms with van der Waals surface area (Å²) in [6, 6.07) is 12.8. The van der Waals surface area contributed by atoms with Crippen LogP contribution in [0.2, 0.25) is 5.02 Å². The number of urea groups is 1. The molecule has 142 valence electrons. The molecule has 1 fully saturated rings. The molecule has 1 saturated heterocycles. The number of hydrogen-bond acceptors (Lipinski definition) is 3. The topological polar surface area (TPSA) is 64.7 Å². The molecule has 0 bridgehead atoms. The molecule has 0 saturated carbocycles. The maximum atomic E-state index is 12.6. The van der Waals surface area contributed by atoms with E-state index in [1.165, 1.54) is 12.5 Å². The first-order chi connectivity index (χ1) is 12.9. The third-order valence-corrected chi connectivity index (χ3v) is 4.75. The molecule has 0 atom stereocenters. The molecule has 0 aromatic heterocycles. The molecule has 0 radical (unpaired) electrons. The van der Waals surface area contributed by atoms with Crippen LogP contribution >= 0.6 is 11.6 Å². The Hall–Kier alpha value is -2.73. The lowest BCUT2D eigenvalue weighted by Gasteiger charge is -2.36. The Morgan fingerprint density at radius 2 is 1.63 bits per heavy atom. The molecule has 2 aromatic rings. The van der Waals surface area contributed by atoms with E-state index in [1.807, 2.05) is 18.2 Å². The molecule has 1 heterocycles. The van der Waals surface area contributed by atoms with Crippen LogP contribution in [0, 0.1) is 6.92 Å². The van der Waals surface area contributed by atoms with Gasteiger partial charge in [-0.3, -0.25) is 4.79 Å². The van der Waals surface area contributed by atoms with E-state index >= 15 is 0 Å². The predicted molar refractivity (Wildman–Crippen MR) is 110 cm³/mol. The fourth-order valence-corrected chi connectivity index (χ4v) is 3.32. The smallest absolute Gasteiger partial charge is 0.321 e. The highest BCUT2D eigenvalue weighted by molar-refractivity contribution is 6.30. The van der Waals surface area contributed by atoms with Crippen LogP contribution in [0.4, 0.5) is 21.9 Å². The zero-order valence-corrected chi connectivity index (χ0v) is 16.2. The van der Waals surface area contributed by atoms with Crippen molar-refractivity contribution in [1.29, 1.82) is 0 Å². The molecule has 0 aliphatic carbocycles. The second-order valence-corrected chi connectivity index (χ2v) is 7.03. The average molecular weight is 387 g/mol. The van der Waals surface area contributed by atoms with Crippen molar-refractivity contribution in [3.63, 3.8) is 0 Å². The molecule has 7 heteroatoms. The van der Waals surface area contributed by atoms with Crippen LogP contribution < -0.4 is 15.5 Å². The molecule has 2 N–H and O–H groups in total. The first-order valence-electron chi connectivity index (χ1n) is 8.87. The number of halogens is 1. The minimum Gasteiger partial charge on any atom is -0.368 e. The maximum absolute atomic E-state index is 12.6. The van der Waals surface area contributed by atoms with Crippen LogP contribution in [0.1, 0.15) is 12.5 Å². The summed E-state index contributed by atoms with van der Waals surface area (Å²) in [5, 5.41) is 6.32. The lowest BCUT2D eigenvalue weighted by molar-refractivity contribution is -0.114. The number of carbonyl (C=O) groups is 2. The molecule has 1 aliphatic heterocycles. The zero-order valence-electron chi connectivity index (χ0n) is 15.5. The lowest BCUT2D eigenvalue weighted by atomic mass is 10.1. The Bertz CT molecular complexity index is 848. The van der Waals surface area contributed by atoms with Gasteiger partial charge in [0.05, 0.1) is 0 Å². The van der Waals surface area contributed by atoms with Gasteiger partial charge in [-0.15, -0.1) is 0 Å². The van der Waals surface area contributed by atoms with Gasteiger partial charge in [-0.2, -0.15) is 0 Å². The molecular formula is C20H23ClN4O2. The fraction of sp³-hybridized carbons (Fsp3) is 0.300. The number of amides is 3. The molecule has 27 heavy (non-hydrogen) atoms. The monoisotopic (exact) mass is 386 g/mol. The van der Waals surface area contributed by atoms with E-state index < -0.39 is 0 Å². The standard InChI is InChI=1S/C20H23ClN4O2/c1-14-6-7-16(21)12-19(14)24-8-10-25(11-9-24)20(27)23-18-5-3-4-17(13-18)22-15(2)26/h3-7,12-13H,8-11H2,1-2H3,(H,22,26)(H,23,27). The summed E-state index contributed by atoms with van der Waals surface area (Å²) in [6.07, 6.45) is 0. The van der Waals surface area contributed by atoms with Crippen molar-refractivity contribution >= 4 is 40.6 Å². The largest absolute Gasteiger partial charge is 0.368 e. The van der Waals surface area contributed by atoms with Gasteiger partial charge in [-0.25, -0.2) is 4.79 Å². The van der Waals surface area contributed by atoms with Crippen molar-refractivity contribution in [2.75, 3.05) is 41.7 Å². The van der Waals surface area contributed by atoms with E-state index in [2.05, 4.69) is 22.5 Å². The fourth-order valence-electron chi connectivity index (χ4n) is 3.15. The Morgan fingerprint density at radius 1 is 0.963 bits per heavy atom. The SMILES string of the molecule is CC(=O)Nc1cccc(NC(=O)N2CCN(c3cc(Cl)ccc3C)CC2)c1. The van der Waals surface area contributed by atoms with Crippen molar-refractivity contribution in [2.45, 2.75) is 13.8 Å². The highest BCUT2D eigenvalue weighted by Crippen LogP contribution is 2.25. The molecule has 3 rings (SSSR count). The quantitative estimate of drug-likeness (QED) is 0.839.